The Balaban J connectivity index is 2.30. The second-order valence-electron chi connectivity index (χ2n) is 4.73. The molecule has 2 aromatic carbocycles. The third-order valence-electron chi connectivity index (χ3n) is 3.40. The molecule has 2 aromatic rings. The molecule has 0 bridgehead atoms. The Morgan fingerprint density at radius 1 is 1.10 bits per heavy atom. The van der Waals surface area contributed by atoms with Crippen molar-refractivity contribution in [1.29, 1.82) is 0 Å². The van der Waals surface area contributed by atoms with E-state index in [2.05, 4.69) is 11.4 Å². The number of halogens is 2. The summed E-state index contributed by atoms with van der Waals surface area (Å²) in [4.78, 5) is 0. The fraction of sp³-hybridized carbons (Fsp3) is 0.294. The van der Waals surface area contributed by atoms with Gasteiger partial charge in [0.25, 0.3) is 0 Å². The number of hydrogen-bond acceptors (Lipinski definition) is 2. The number of hydrogen-bond donors (Lipinski definition) is 1. The normalized spacial score (nSPS) is 12.2. The lowest BCUT2D eigenvalue weighted by molar-refractivity contribution is 0.332. The van der Waals surface area contributed by atoms with Gasteiger partial charge in [-0.1, -0.05) is 53.5 Å². The molecule has 112 valence electrons. The van der Waals surface area contributed by atoms with Gasteiger partial charge in [0.1, 0.15) is 5.75 Å². The van der Waals surface area contributed by atoms with Crippen molar-refractivity contribution in [2.75, 3.05) is 13.7 Å². The molecule has 4 heteroatoms. The highest BCUT2D eigenvalue weighted by molar-refractivity contribution is 6.42. The smallest absolute Gasteiger partial charge is 0.124 e. The Hall–Kier alpha value is -1.22. The molecule has 0 saturated carbocycles. The summed E-state index contributed by atoms with van der Waals surface area (Å²) < 4.78 is 5.71. The van der Waals surface area contributed by atoms with Gasteiger partial charge in [-0.05, 0) is 38.1 Å². The predicted molar refractivity (Wildman–Crippen MR) is 89.6 cm³/mol. The minimum atomic E-state index is 0.115. The van der Waals surface area contributed by atoms with Crippen molar-refractivity contribution in [2.45, 2.75) is 19.4 Å². The van der Waals surface area contributed by atoms with Crippen molar-refractivity contribution in [2.24, 2.45) is 0 Å². The quantitative estimate of drug-likeness (QED) is 0.816. The zero-order valence-electron chi connectivity index (χ0n) is 12.2. The first-order chi connectivity index (χ1) is 10.2. The van der Waals surface area contributed by atoms with E-state index in [-0.39, 0.29) is 6.04 Å². The van der Waals surface area contributed by atoms with Crippen LogP contribution in [0.25, 0.3) is 0 Å². The predicted octanol–water partition coefficient (Wildman–Crippen LogP) is 4.90. The second kappa shape index (κ2) is 7.69. The molecule has 0 fully saturated rings. The molecule has 0 radical (unpaired) electrons. The van der Waals surface area contributed by atoms with Gasteiger partial charge >= 0.3 is 0 Å². The van der Waals surface area contributed by atoms with Gasteiger partial charge in [-0.15, -0.1) is 0 Å². The summed E-state index contributed by atoms with van der Waals surface area (Å²) in [7, 11) is 1.94. The molecule has 0 amide bonds. The third-order valence-corrected chi connectivity index (χ3v) is 4.26. The van der Waals surface area contributed by atoms with E-state index in [0.717, 1.165) is 23.3 Å². The Morgan fingerprint density at radius 2 is 1.86 bits per heavy atom. The van der Waals surface area contributed by atoms with Crippen LogP contribution in [0.1, 0.15) is 24.1 Å². The summed E-state index contributed by atoms with van der Waals surface area (Å²) in [6, 6.07) is 13.9. The molecule has 0 aliphatic heterocycles. The molecule has 1 atom stereocenters. The highest BCUT2D eigenvalue weighted by Gasteiger charge is 2.17. The molecule has 1 unspecified atom stereocenters. The minimum Gasteiger partial charge on any atom is -0.494 e. The molecule has 0 aliphatic rings. The summed E-state index contributed by atoms with van der Waals surface area (Å²) >= 11 is 12.4. The number of para-hydroxylation sites is 1. The zero-order chi connectivity index (χ0) is 15.2. The maximum atomic E-state index is 6.29. The Kier molecular flexibility index (Phi) is 5.92. The standard InChI is InChI=1S/C17H19Cl2NO/c1-3-21-16-10-5-4-8-13(16)15(20-2)11-12-7-6-9-14(18)17(12)19/h4-10,15,20H,3,11H2,1-2H3. The van der Waals surface area contributed by atoms with Crippen LogP contribution >= 0.6 is 23.2 Å². The molecule has 0 heterocycles. The highest BCUT2D eigenvalue weighted by Crippen LogP contribution is 2.32. The summed E-state index contributed by atoms with van der Waals surface area (Å²) in [6.45, 7) is 2.63. The average molecular weight is 324 g/mol. The van der Waals surface area contributed by atoms with Gasteiger partial charge in [0.2, 0.25) is 0 Å². The molecule has 0 spiro atoms. The lowest BCUT2D eigenvalue weighted by atomic mass is 9.98. The Morgan fingerprint density at radius 3 is 2.57 bits per heavy atom. The molecule has 0 aliphatic carbocycles. The van der Waals surface area contributed by atoms with Gasteiger partial charge in [0, 0.05) is 11.6 Å². The van der Waals surface area contributed by atoms with E-state index in [1.54, 1.807) is 6.07 Å². The van der Waals surface area contributed by atoms with E-state index in [1.807, 2.05) is 44.3 Å². The molecular formula is C17H19Cl2NO. The van der Waals surface area contributed by atoms with E-state index in [4.69, 9.17) is 27.9 Å². The van der Waals surface area contributed by atoms with E-state index >= 15 is 0 Å². The third kappa shape index (κ3) is 3.91. The van der Waals surface area contributed by atoms with Crippen LogP contribution in [0.3, 0.4) is 0 Å². The van der Waals surface area contributed by atoms with Crippen LogP contribution in [0, 0.1) is 0 Å². The summed E-state index contributed by atoms with van der Waals surface area (Å²) in [5.41, 5.74) is 2.15. The van der Waals surface area contributed by atoms with Gasteiger partial charge in [0.15, 0.2) is 0 Å². The van der Waals surface area contributed by atoms with Crippen LogP contribution in [0.2, 0.25) is 10.0 Å². The van der Waals surface area contributed by atoms with Gasteiger partial charge < -0.3 is 10.1 Å². The zero-order valence-corrected chi connectivity index (χ0v) is 13.7. The number of benzene rings is 2. The molecule has 1 N–H and O–H groups in total. The monoisotopic (exact) mass is 323 g/mol. The number of ether oxygens (including phenoxy) is 1. The van der Waals surface area contributed by atoms with Crippen molar-refractivity contribution in [3.63, 3.8) is 0 Å². The number of nitrogens with one attached hydrogen (secondary N) is 1. The average Bonchev–Trinajstić information content (AvgIpc) is 2.50. The van der Waals surface area contributed by atoms with E-state index in [0.29, 0.717) is 16.7 Å². The van der Waals surface area contributed by atoms with Crippen LogP contribution in [-0.2, 0) is 6.42 Å². The highest BCUT2D eigenvalue weighted by atomic mass is 35.5. The van der Waals surface area contributed by atoms with Gasteiger partial charge in [-0.2, -0.15) is 0 Å². The lowest BCUT2D eigenvalue weighted by Gasteiger charge is -2.20. The van der Waals surface area contributed by atoms with E-state index in [9.17, 15) is 0 Å². The lowest BCUT2D eigenvalue weighted by Crippen LogP contribution is -2.20. The first-order valence-electron chi connectivity index (χ1n) is 6.99. The molecule has 21 heavy (non-hydrogen) atoms. The maximum Gasteiger partial charge on any atom is 0.124 e. The van der Waals surface area contributed by atoms with Crippen LogP contribution in [-0.4, -0.2) is 13.7 Å². The Bertz CT molecular complexity index is 601. The number of rotatable bonds is 6. The van der Waals surface area contributed by atoms with Crippen molar-refractivity contribution < 1.29 is 4.74 Å². The molecule has 2 nitrogen and oxygen atoms in total. The van der Waals surface area contributed by atoms with Crippen LogP contribution < -0.4 is 10.1 Å². The Labute approximate surface area is 136 Å². The fourth-order valence-corrected chi connectivity index (χ4v) is 2.75. The second-order valence-corrected chi connectivity index (χ2v) is 5.51. The molecular weight excluding hydrogens is 305 g/mol. The number of likely N-dealkylation sites (N-methyl/N-ethyl adjacent to an activating group) is 1. The first-order valence-corrected chi connectivity index (χ1v) is 7.74. The summed E-state index contributed by atoms with van der Waals surface area (Å²) in [6.07, 6.45) is 0.750. The topological polar surface area (TPSA) is 21.3 Å². The van der Waals surface area contributed by atoms with Crippen LogP contribution in [0.4, 0.5) is 0 Å². The van der Waals surface area contributed by atoms with Crippen LogP contribution in [0.5, 0.6) is 5.75 Å². The first kappa shape index (κ1) is 16.2. The summed E-state index contributed by atoms with van der Waals surface area (Å²) in [5, 5.41) is 4.53. The molecule has 2 rings (SSSR count). The summed E-state index contributed by atoms with van der Waals surface area (Å²) in [5.74, 6) is 0.900. The van der Waals surface area contributed by atoms with Crippen molar-refractivity contribution >= 4 is 23.2 Å². The van der Waals surface area contributed by atoms with Crippen molar-refractivity contribution in [3.05, 3.63) is 63.6 Å². The van der Waals surface area contributed by atoms with E-state index in [1.165, 1.54) is 0 Å². The van der Waals surface area contributed by atoms with Gasteiger partial charge in [-0.25, -0.2) is 0 Å². The van der Waals surface area contributed by atoms with Crippen molar-refractivity contribution in [1.82, 2.24) is 5.32 Å². The van der Waals surface area contributed by atoms with Crippen LogP contribution in [0.15, 0.2) is 42.5 Å². The van der Waals surface area contributed by atoms with E-state index < -0.39 is 0 Å². The molecule has 0 saturated heterocycles. The molecule has 0 aromatic heterocycles. The minimum absolute atomic E-state index is 0.115. The SMILES string of the molecule is CCOc1ccccc1C(Cc1cccc(Cl)c1Cl)NC. The van der Waals surface area contributed by atoms with Crippen molar-refractivity contribution in [3.8, 4) is 5.75 Å². The largest absolute Gasteiger partial charge is 0.494 e. The van der Waals surface area contributed by atoms with Gasteiger partial charge in [0.05, 0.1) is 16.7 Å². The fourth-order valence-electron chi connectivity index (χ4n) is 2.35. The van der Waals surface area contributed by atoms with Gasteiger partial charge in [-0.3, -0.25) is 0 Å². The maximum absolute atomic E-state index is 6.29.